The molecule has 1 saturated heterocycles. The van der Waals surface area contributed by atoms with Crippen LogP contribution in [0.2, 0.25) is 0 Å². The molecule has 8 heteroatoms. The van der Waals surface area contributed by atoms with Crippen LogP contribution in [-0.4, -0.2) is 38.6 Å². The van der Waals surface area contributed by atoms with Crippen LogP contribution in [0.4, 0.5) is 0 Å². The Hall–Kier alpha value is -2.74. The average molecular weight is 384 g/mol. The Morgan fingerprint density at radius 2 is 2.30 bits per heavy atom. The molecule has 3 aromatic heterocycles. The highest BCUT2D eigenvalue weighted by atomic mass is 32.1. The molecule has 0 bridgehead atoms. The summed E-state index contributed by atoms with van der Waals surface area (Å²) < 4.78 is 6.82. The molecule has 1 atom stereocenters. The van der Waals surface area contributed by atoms with Crippen molar-refractivity contribution in [1.29, 1.82) is 0 Å². The molecule has 1 fully saturated rings. The maximum absolute atomic E-state index is 12.8. The SMILES string of the molecule is Cn1cccc(C(=O)N2CCC[C@H](Cc3nc(-c4ccsc4)no3)C2)c1=O. The number of nitrogens with zero attached hydrogens (tertiary/aromatic N) is 4. The van der Waals surface area contributed by atoms with Gasteiger partial charge in [-0.3, -0.25) is 9.59 Å². The summed E-state index contributed by atoms with van der Waals surface area (Å²) >= 11 is 1.59. The first-order chi connectivity index (χ1) is 13.1. The van der Waals surface area contributed by atoms with Crippen molar-refractivity contribution >= 4 is 17.2 Å². The number of amides is 1. The summed E-state index contributed by atoms with van der Waals surface area (Å²) in [6.07, 6.45) is 4.17. The number of carbonyl (C=O) groups is 1. The number of piperidine rings is 1. The minimum Gasteiger partial charge on any atom is -0.339 e. The Balaban J connectivity index is 1.44. The zero-order valence-electron chi connectivity index (χ0n) is 15.0. The number of likely N-dealkylation sites (tertiary alicyclic amines) is 1. The Morgan fingerprint density at radius 1 is 1.41 bits per heavy atom. The van der Waals surface area contributed by atoms with Gasteiger partial charge in [0.05, 0.1) is 0 Å². The van der Waals surface area contributed by atoms with Gasteiger partial charge in [-0.05, 0) is 42.3 Å². The quantitative estimate of drug-likeness (QED) is 0.691. The monoisotopic (exact) mass is 384 g/mol. The summed E-state index contributed by atoms with van der Waals surface area (Å²) in [6.45, 7) is 1.25. The van der Waals surface area contributed by atoms with Crippen molar-refractivity contribution in [3.8, 4) is 11.4 Å². The third kappa shape index (κ3) is 3.71. The first kappa shape index (κ1) is 17.7. The summed E-state index contributed by atoms with van der Waals surface area (Å²) in [7, 11) is 1.65. The van der Waals surface area contributed by atoms with Crippen LogP contribution in [0.25, 0.3) is 11.4 Å². The lowest BCUT2D eigenvalue weighted by Gasteiger charge is -2.32. The van der Waals surface area contributed by atoms with E-state index in [-0.39, 0.29) is 22.9 Å². The number of aromatic nitrogens is 3. The van der Waals surface area contributed by atoms with E-state index >= 15 is 0 Å². The van der Waals surface area contributed by atoms with Crippen LogP contribution in [0, 0.1) is 5.92 Å². The fourth-order valence-electron chi connectivity index (χ4n) is 3.44. The predicted molar refractivity (Wildman–Crippen MR) is 102 cm³/mol. The summed E-state index contributed by atoms with van der Waals surface area (Å²) in [5.74, 6) is 1.23. The molecule has 7 nitrogen and oxygen atoms in total. The topological polar surface area (TPSA) is 81.2 Å². The van der Waals surface area contributed by atoms with Gasteiger partial charge >= 0.3 is 0 Å². The van der Waals surface area contributed by atoms with E-state index in [1.54, 1.807) is 41.6 Å². The maximum atomic E-state index is 12.8. The number of rotatable bonds is 4. The number of carbonyl (C=O) groups excluding carboxylic acids is 1. The first-order valence-corrected chi connectivity index (χ1v) is 9.86. The molecule has 0 spiro atoms. The zero-order chi connectivity index (χ0) is 18.8. The van der Waals surface area contributed by atoms with E-state index in [1.807, 2.05) is 16.8 Å². The van der Waals surface area contributed by atoms with Gasteiger partial charge < -0.3 is 14.0 Å². The highest BCUT2D eigenvalue weighted by Gasteiger charge is 2.27. The van der Waals surface area contributed by atoms with E-state index in [2.05, 4.69) is 10.1 Å². The average Bonchev–Trinajstić information content (AvgIpc) is 3.35. The normalized spacial score (nSPS) is 17.2. The molecule has 0 radical (unpaired) electrons. The van der Waals surface area contributed by atoms with Crippen LogP contribution in [0.3, 0.4) is 0 Å². The van der Waals surface area contributed by atoms with Crippen LogP contribution in [0.5, 0.6) is 0 Å². The molecule has 1 aliphatic rings. The van der Waals surface area contributed by atoms with Gasteiger partial charge in [0.25, 0.3) is 11.5 Å². The molecule has 27 heavy (non-hydrogen) atoms. The van der Waals surface area contributed by atoms with Crippen molar-refractivity contribution in [2.75, 3.05) is 13.1 Å². The summed E-state index contributed by atoms with van der Waals surface area (Å²) in [6, 6.07) is 5.28. The van der Waals surface area contributed by atoms with Crippen LogP contribution in [0.1, 0.15) is 29.1 Å². The number of thiophene rings is 1. The van der Waals surface area contributed by atoms with Gasteiger partial charge in [0.1, 0.15) is 5.56 Å². The fraction of sp³-hybridized carbons (Fsp3) is 0.368. The molecule has 4 heterocycles. The van der Waals surface area contributed by atoms with Gasteiger partial charge in [0.15, 0.2) is 0 Å². The number of hydrogen-bond acceptors (Lipinski definition) is 6. The van der Waals surface area contributed by atoms with E-state index in [1.165, 1.54) is 4.57 Å². The van der Waals surface area contributed by atoms with Gasteiger partial charge in [0.2, 0.25) is 11.7 Å². The van der Waals surface area contributed by atoms with Gasteiger partial charge in [-0.25, -0.2) is 0 Å². The molecule has 4 rings (SSSR count). The zero-order valence-corrected chi connectivity index (χ0v) is 15.8. The molecule has 0 unspecified atom stereocenters. The minimum atomic E-state index is -0.262. The van der Waals surface area contributed by atoms with Gasteiger partial charge in [0, 0.05) is 43.7 Å². The van der Waals surface area contributed by atoms with Gasteiger partial charge in [-0.1, -0.05) is 5.16 Å². The highest BCUT2D eigenvalue weighted by Crippen LogP contribution is 2.23. The van der Waals surface area contributed by atoms with Crippen molar-refractivity contribution in [3.05, 3.63) is 57.0 Å². The lowest BCUT2D eigenvalue weighted by atomic mass is 9.94. The van der Waals surface area contributed by atoms with Crippen LogP contribution < -0.4 is 5.56 Å². The van der Waals surface area contributed by atoms with E-state index in [9.17, 15) is 9.59 Å². The second-order valence-corrected chi connectivity index (χ2v) is 7.61. The lowest BCUT2D eigenvalue weighted by molar-refractivity contribution is 0.0665. The predicted octanol–water partition coefficient (Wildman–Crippen LogP) is 2.59. The molecule has 3 aromatic rings. The van der Waals surface area contributed by atoms with E-state index in [4.69, 9.17) is 4.52 Å². The fourth-order valence-corrected chi connectivity index (χ4v) is 4.07. The molecule has 0 aromatic carbocycles. The standard InChI is InChI=1S/C19H20N4O3S/c1-22-7-3-5-15(18(22)24)19(25)23-8-2-4-13(11-23)10-16-20-17(21-26-16)14-6-9-27-12-14/h3,5-7,9,12-13H,2,4,8,10-11H2,1H3/t13-/m1/s1. The Morgan fingerprint density at radius 3 is 3.11 bits per heavy atom. The molecular weight excluding hydrogens is 364 g/mol. The molecule has 1 amide bonds. The molecule has 0 saturated carbocycles. The number of pyridine rings is 1. The minimum absolute atomic E-state index is 0.203. The van der Waals surface area contributed by atoms with Crippen molar-refractivity contribution in [2.24, 2.45) is 13.0 Å². The van der Waals surface area contributed by atoms with Crippen molar-refractivity contribution < 1.29 is 9.32 Å². The van der Waals surface area contributed by atoms with Gasteiger partial charge in [-0.15, -0.1) is 0 Å². The largest absolute Gasteiger partial charge is 0.339 e. The van der Waals surface area contributed by atoms with E-state index in [0.717, 1.165) is 18.4 Å². The first-order valence-electron chi connectivity index (χ1n) is 8.92. The molecule has 140 valence electrons. The second kappa shape index (κ2) is 7.48. The third-order valence-electron chi connectivity index (χ3n) is 4.87. The van der Waals surface area contributed by atoms with Crippen LogP contribution >= 0.6 is 11.3 Å². The molecular formula is C19H20N4O3S. The summed E-state index contributed by atoms with van der Waals surface area (Å²) in [5, 5.41) is 8.00. The lowest BCUT2D eigenvalue weighted by Crippen LogP contribution is -2.42. The Labute approximate surface area is 160 Å². The number of aryl methyl sites for hydroxylation is 1. The molecule has 0 N–H and O–H groups in total. The van der Waals surface area contributed by atoms with Crippen molar-refractivity contribution in [3.63, 3.8) is 0 Å². The Bertz CT molecular complexity index is 993. The van der Waals surface area contributed by atoms with E-state index < -0.39 is 0 Å². The highest BCUT2D eigenvalue weighted by molar-refractivity contribution is 7.08. The smallest absolute Gasteiger partial charge is 0.263 e. The third-order valence-corrected chi connectivity index (χ3v) is 5.55. The molecule has 1 aliphatic heterocycles. The van der Waals surface area contributed by atoms with E-state index in [0.29, 0.717) is 31.2 Å². The summed E-state index contributed by atoms with van der Waals surface area (Å²) in [5.41, 5.74) is 0.912. The van der Waals surface area contributed by atoms with Crippen LogP contribution in [0.15, 0.2) is 44.5 Å². The maximum Gasteiger partial charge on any atom is 0.263 e. The second-order valence-electron chi connectivity index (χ2n) is 6.83. The Kier molecular flexibility index (Phi) is 4.89. The number of hydrogen-bond donors (Lipinski definition) is 0. The van der Waals surface area contributed by atoms with Crippen molar-refractivity contribution in [1.82, 2.24) is 19.6 Å². The summed E-state index contributed by atoms with van der Waals surface area (Å²) in [4.78, 5) is 31.3. The van der Waals surface area contributed by atoms with Crippen molar-refractivity contribution in [2.45, 2.75) is 19.3 Å². The van der Waals surface area contributed by atoms with Crippen LogP contribution in [-0.2, 0) is 13.5 Å². The van der Waals surface area contributed by atoms with Gasteiger partial charge in [-0.2, -0.15) is 16.3 Å². The molecule has 0 aliphatic carbocycles.